The third-order valence-corrected chi connectivity index (χ3v) is 4.59. The summed E-state index contributed by atoms with van der Waals surface area (Å²) in [5, 5.41) is 8.16. The van der Waals surface area contributed by atoms with Gasteiger partial charge in [-0.15, -0.1) is 0 Å². The number of aromatic nitrogens is 2. The second-order valence-electron chi connectivity index (χ2n) is 5.63. The van der Waals surface area contributed by atoms with Gasteiger partial charge < -0.3 is 5.32 Å². The van der Waals surface area contributed by atoms with Crippen LogP contribution in [0.1, 0.15) is 16.7 Å². The number of carbonyl (C=O) groups is 1. The van der Waals surface area contributed by atoms with E-state index < -0.39 is 0 Å². The maximum atomic E-state index is 12.3. The van der Waals surface area contributed by atoms with E-state index >= 15 is 0 Å². The third kappa shape index (κ3) is 4.62. The molecular weight excluding hydrogens is 357 g/mol. The number of amides is 1. The Morgan fingerprint density at radius 1 is 1.00 bits per heavy atom. The fourth-order valence-electron chi connectivity index (χ4n) is 2.57. The van der Waals surface area contributed by atoms with E-state index in [9.17, 15) is 4.79 Å². The van der Waals surface area contributed by atoms with E-state index in [1.54, 1.807) is 24.4 Å². The van der Waals surface area contributed by atoms with Crippen LogP contribution >= 0.6 is 23.2 Å². The molecule has 3 aromatic rings. The Kier molecular flexibility index (Phi) is 5.74. The van der Waals surface area contributed by atoms with E-state index in [-0.39, 0.29) is 12.3 Å². The normalized spacial score (nSPS) is 10.6. The van der Waals surface area contributed by atoms with E-state index in [1.165, 1.54) is 0 Å². The van der Waals surface area contributed by atoms with Gasteiger partial charge in [-0.2, -0.15) is 5.10 Å². The van der Waals surface area contributed by atoms with Gasteiger partial charge in [-0.05, 0) is 34.9 Å². The molecule has 2 aromatic carbocycles. The number of rotatable bonds is 6. The molecule has 0 unspecified atom stereocenters. The smallest absolute Gasteiger partial charge is 0.224 e. The highest BCUT2D eigenvalue weighted by Crippen LogP contribution is 2.24. The molecule has 1 amide bonds. The van der Waals surface area contributed by atoms with E-state index in [1.807, 2.05) is 41.2 Å². The van der Waals surface area contributed by atoms with Crippen LogP contribution in [0.3, 0.4) is 0 Å². The second-order valence-corrected chi connectivity index (χ2v) is 6.44. The molecule has 0 fully saturated rings. The molecular formula is C19H17Cl2N3O. The Labute approximate surface area is 156 Å². The Morgan fingerprint density at radius 3 is 2.40 bits per heavy atom. The lowest BCUT2D eigenvalue weighted by Crippen LogP contribution is -2.25. The molecule has 0 spiro atoms. The Morgan fingerprint density at radius 2 is 1.72 bits per heavy atom. The number of hydrogen-bond donors (Lipinski definition) is 1. The molecule has 0 saturated heterocycles. The molecule has 0 saturated carbocycles. The van der Waals surface area contributed by atoms with Gasteiger partial charge in [0.05, 0.1) is 13.0 Å². The van der Waals surface area contributed by atoms with Crippen LogP contribution in [-0.2, 0) is 24.3 Å². The van der Waals surface area contributed by atoms with Crippen molar-refractivity contribution in [1.29, 1.82) is 0 Å². The summed E-state index contributed by atoms with van der Waals surface area (Å²) in [6.07, 6.45) is 3.81. The van der Waals surface area contributed by atoms with E-state index in [4.69, 9.17) is 23.2 Å². The quantitative estimate of drug-likeness (QED) is 0.706. The lowest BCUT2D eigenvalue weighted by Gasteiger charge is -2.12. The van der Waals surface area contributed by atoms with Gasteiger partial charge in [0, 0.05) is 29.0 Å². The molecule has 3 rings (SSSR count). The zero-order valence-electron chi connectivity index (χ0n) is 13.5. The van der Waals surface area contributed by atoms with Gasteiger partial charge in [-0.3, -0.25) is 9.48 Å². The molecule has 1 heterocycles. The minimum absolute atomic E-state index is 0.121. The topological polar surface area (TPSA) is 46.9 Å². The van der Waals surface area contributed by atoms with Crippen LogP contribution in [-0.4, -0.2) is 15.7 Å². The van der Waals surface area contributed by atoms with Crippen LogP contribution in [0, 0.1) is 0 Å². The number of nitrogens with zero attached hydrogens (tertiary/aromatic N) is 2. The maximum absolute atomic E-state index is 12.3. The minimum Gasteiger partial charge on any atom is -0.352 e. The number of nitrogens with one attached hydrogen (secondary N) is 1. The Bertz CT molecular complexity index is 843. The predicted octanol–water partition coefficient (Wildman–Crippen LogP) is 4.10. The summed E-state index contributed by atoms with van der Waals surface area (Å²) in [6, 6.07) is 15.1. The third-order valence-electron chi connectivity index (χ3n) is 3.88. The molecule has 0 aliphatic rings. The van der Waals surface area contributed by atoms with Gasteiger partial charge in [0.2, 0.25) is 5.91 Å². The van der Waals surface area contributed by atoms with Gasteiger partial charge in [0.15, 0.2) is 0 Å². The van der Waals surface area contributed by atoms with Crippen molar-refractivity contribution in [3.8, 4) is 0 Å². The highest BCUT2D eigenvalue weighted by molar-refractivity contribution is 6.36. The molecule has 0 bridgehead atoms. The largest absolute Gasteiger partial charge is 0.352 e. The SMILES string of the molecule is O=C(Cc1c(Cl)cccc1Cl)NCc1ccccc1Cn1cccn1. The zero-order valence-corrected chi connectivity index (χ0v) is 15.0. The predicted molar refractivity (Wildman–Crippen MR) is 99.8 cm³/mol. The molecule has 1 aromatic heterocycles. The molecule has 4 nitrogen and oxygen atoms in total. The molecule has 0 aliphatic heterocycles. The summed E-state index contributed by atoms with van der Waals surface area (Å²) in [6.45, 7) is 1.10. The number of benzene rings is 2. The standard InChI is InChI=1S/C19H17Cl2N3O/c20-17-7-3-8-18(21)16(17)11-19(25)22-12-14-5-1-2-6-15(14)13-24-10-4-9-23-24/h1-10H,11-13H2,(H,22,25). The highest BCUT2D eigenvalue weighted by atomic mass is 35.5. The van der Waals surface area contributed by atoms with Crippen molar-refractivity contribution in [2.75, 3.05) is 0 Å². The molecule has 0 aliphatic carbocycles. The molecule has 6 heteroatoms. The van der Waals surface area contributed by atoms with Gasteiger partial charge in [0.1, 0.15) is 0 Å². The first-order chi connectivity index (χ1) is 12.1. The fourth-order valence-corrected chi connectivity index (χ4v) is 3.10. The van der Waals surface area contributed by atoms with E-state index in [0.29, 0.717) is 28.7 Å². The van der Waals surface area contributed by atoms with Crippen molar-refractivity contribution >= 4 is 29.1 Å². The van der Waals surface area contributed by atoms with Crippen LogP contribution in [0.2, 0.25) is 10.0 Å². The number of hydrogen-bond acceptors (Lipinski definition) is 2. The van der Waals surface area contributed by atoms with Gasteiger partial charge in [-0.1, -0.05) is 53.5 Å². The van der Waals surface area contributed by atoms with Crippen molar-refractivity contribution in [1.82, 2.24) is 15.1 Å². The van der Waals surface area contributed by atoms with Crippen LogP contribution in [0.4, 0.5) is 0 Å². The Balaban J connectivity index is 1.64. The molecule has 1 N–H and O–H groups in total. The molecule has 0 atom stereocenters. The summed E-state index contributed by atoms with van der Waals surface area (Å²) >= 11 is 12.2. The van der Waals surface area contributed by atoms with Crippen molar-refractivity contribution in [2.24, 2.45) is 0 Å². The van der Waals surface area contributed by atoms with Crippen molar-refractivity contribution < 1.29 is 4.79 Å². The summed E-state index contributed by atoms with van der Waals surface area (Å²) in [5.74, 6) is -0.121. The monoisotopic (exact) mass is 373 g/mol. The summed E-state index contributed by atoms with van der Waals surface area (Å²) in [5.41, 5.74) is 2.81. The maximum Gasteiger partial charge on any atom is 0.224 e. The van der Waals surface area contributed by atoms with Crippen LogP contribution in [0.15, 0.2) is 60.9 Å². The second kappa shape index (κ2) is 8.19. The van der Waals surface area contributed by atoms with Crippen LogP contribution < -0.4 is 5.32 Å². The van der Waals surface area contributed by atoms with E-state index in [0.717, 1.165) is 11.1 Å². The van der Waals surface area contributed by atoms with Crippen molar-refractivity contribution in [2.45, 2.75) is 19.5 Å². The first-order valence-corrected chi connectivity index (χ1v) is 8.63. The lowest BCUT2D eigenvalue weighted by molar-refractivity contribution is -0.120. The highest BCUT2D eigenvalue weighted by Gasteiger charge is 2.11. The van der Waals surface area contributed by atoms with Crippen LogP contribution in [0.5, 0.6) is 0 Å². The first kappa shape index (κ1) is 17.5. The first-order valence-electron chi connectivity index (χ1n) is 7.87. The van der Waals surface area contributed by atoms with E-state index in [2.05, 4.69) is 10.4 Å². The number of carbonyl (C=O) groups excluding carboxylic acids is 1. The van der Waals surface area contributed by atoms with Gasteiger partial charge >= 0.3 is 0 Å². The lowest BCUT2D eigenvalue weighted by atomic mass is 10.1. The van der Waals surface area contributed by atoms with Crippen molar-refractivity contribution in [3.05, 3.63) is 87.7 Å². The summed E-state index contributed by atoms with van der Waals surface area (Å²) in [4.78, 5) is 12.3. The average molecular weight is 374 g/mol. The average Bonchev–Trinajstić information content (AvgIpc) is 3.11. The summed E-state index contributed by atoms with van der Waals surface area (Å²) in [7, 11) is 0. The fraction of sp³-hybridized carbons (Fsp3) is 0.158. The van der Waals surface area contributed by atoms with Crippen LogP contribution in [0.25, 0.3) is 0 Å². The molecule has 128 valence electrons. The van der Waals surface area contributed by atoms with Gasteiger partial charge in [-0.25, -0.2) is 0 Å². The summed E-state index contributed by atoms with van der Waals surface area (Å²) < 4.78 is 1.85. The molecule has 25 heavy (non-hydrogen) atoms. The minimum atomic E-state index is -0.121. The van der Waals surface area contributed by atoms with Gasteiger partial charge in [0.25, 0.3) is 0 Å². The van der Waals surface area contributed by atoms with Crippen molar-refractivity contribution in [3.63, 3.8) is 0 Å². The Hall–Kier alpha value is -2.30. The molecule has 0 radical (unpaired) electrons. The zero-order chi connectivity index (χ0) is 17.6. The number of halogens is 2.